The lowest BCUT2D eigenvalue weighted by atomic mass is 10.1. The predicted molar refractivity (Wildman–Crippen MR) is 73.9 cm³/mol. The third-order valence-corrected chi connectivity index (χ3v) is 3.61. The van der Waals surface area contributed by atoms with Crippen molar-refractivity contribution in [1.82, 2.24) is 0 Å². The van der Waals surface area contributed by atoms with Crippen LogP contribution in [0.3, 0.4) is 0 Å². The second kappa shape index (κ2) is 5.57. The molecule has 3 rings (SSSR count). The molecule has 0 aromatic heterocycles. The van der Waals surface area contributed by atoms with Crippen molar-refractivity contribution in [3.8, 4) is 11.5 Å². The Bertz CT molecular complexity index is 445. The van der Waals surface area contributed by atoms with Crippen LogP contribution in [0.15, 0.2) is 12.1 Å². The van der Waals surface area contributed by atoms with Crippen LogP contribution in [0.5, 0.6) is 11.5 Å². The fourth-order valence-electron chi connectivity index (χ4n) is 2.48. The van der Waals surface area contributed by atoms with E-state index in [9.17, 15) is 0 Å². The van der Waals surface area contributed by atoms with Crippen LogP contribution in [-0.4, -0.2) is 33.0 Å². The topological polar surface area (TPSA) is 65.7 Å². The number of fused-ring (bicyclic) bond motifs is 1. The van der Waals surface area contributed by atoms with Crippen LogP contribution >= 0.6 is 0 Å². The van der Waals surface area contributed by atoms with Crippen LogP contribution in [0, 0.1) is 5.92 Å². The van der Waals surface area contributed by atoms with Gasteiger partial charge >= 0.3 is 0 Å². The zero-order valence-electron chi connectivity index (χ0n) is 11.0. The number of ether oxygens (including phenoxy) is 3. The maximum atomic E-state index is 6.02. The summed E-state index contributed by atoms with van der Waals surface area (Å²) in [6.45, 7) is 3.86. The summed E-state index contributed by atoms with van der Waals surface area (Å²) in [6, 6.07) is 3.75. The lowest BCUT2D eigenvalue weighted by Crippen LogP contribution is -2.16. The summed E-state index contributed by atoms with van der Waals surface area (Å²) in [5, 5.41) is 3.37. The molecule has 1 aromatic rings. The van der Waals surface area contributed by atoms with Crippen molar-refractivity contribution in [2.45, 2.75) is 12.8 Å². The molecule has 19 heavy (non-hydrogen) atoms. The zero-order chi connectivity index (χ0) is 13.1. The van der Waals surface area contributed by atoms with E-state index < -0.39 is 0 Å². The van der Waals surface area contributed by atoms with E-state index in [2.05, 4.69) is 5.32 Å². The van der Waals surface area contributed by atoms with Crippen LogP contribution in [0.1, 0.15) is 12.8 Å². The Labute approximate surface area is 113 Å². The third-order valence-electron chi connectivity index (χ3n) is 3.61. The number of hydrogen-bond acceptors (Lipinski definition) is 5. The van der Waals surface area contributed by atoms with Gasteiger partial charge in [-0.25, -0.2) is 0 Å². The highest BCUT2D eigenvalue weighted by molar-refractivity contribution is 5.72. The molecule has 1 aromatic carbocycles. The maximum absolute atomic E-state index is 6.02. The number of rotatable bonds is 4. The number of benzene rings is 1. The summed E-state index contributed by atoms with van der Waals surface area (Å²) in [6.07, 6.45) is 2.27. The first-order valence-corrected chi connectivity index (χ1v) is 6.83. The second-order valence-electron chi connectivity index (χ2n) is 5.03. The van der Waals surface area contributed by atoms with Crippen LogP contribution in [0.4, 0.5) is 11.4 Å². The summed E-state index contributed by atoms with van der Waals surface area (Å²) in [4.78, 5) is 0. The molecule has 0 aliphatic carbocycles. The smallest absolute Gasteiger partial charge is 0.163 e. The van der Waals surface area contributed by atoms with Gasteiger partial charge in [-0.1, -0.05) is 0 Å². The van der Waals surface area contributed by atoms with E-state index in [-0.39, 0.29) is 0 Å². The van der Waals surface area contributed by atoms with Crippen molar-refractivity contribution in [2.75, 3.05) is 44.0 Å². The normalized spacial score (nSPS) is 21.4. The lowest BCUT2D eigenvalue weighted by molar-refractivity contribution is 0.172. The molecule has 0 amide bonds. The first-order chi connectivity index (χ1) is 9.33. The zero-order valence-corrected chi connectivity index (χ0v) is 11.0. The van der Waals surface area contributed by atoms with E-state index >= 15 is 0 Å². The monoisotopic (exact) mass is 264 g/mol. The minimum Gasteiger partial charge on any atom is -0.486 e. The summed E-state index contributed by atoms with van der Waals surface area (Å²) in [7, 11) is 0. The lowest BCUT2D eigenvalue weighted by Gasteiger charge is -2.20. The highest BCUT2D eigenvalue weighted by atomic mass is 16.6. The molecule has 2 heterocycles. The van der Waals surface area contributed by atoms with E-state index in [1.165, 1.54) is 0 Å². The fraction of sp³-hybridized carbons (Fsp3) is 0.571. The van der Waals surface area contributed by atoms with Crippen LogP contribution < -0.4 is 20.5 Å². The minimum absolute atomic E-state index is 0.584. The molecule has 104 valence electrons. The van der Waals surface area contributed by atoms with Crippen molar-refractivity contribution < 1.29 is 14.2 Å². The molecule has 0 saturated carbocycles. The number of nitrogen functional groups attached to an aromatic ring is 1. The molecule has 3 N–H and O–H groups in total. The Balaban J connectivity index is 1.60. The first-order valence-electron chi connectivity index (χ1n) is 6.83. The molecule has 0 bridgehead atoms. The van der Waals surface area contributed by atoms with E-state index in [4.69, 9.17) is 19.9 Å². The molecule has 0 radical (unpaired) electrons. The highest BCUT2D eigenvalue weighted by Crippen LogP contribution is 2.36. The molecule has 1 unspecified atom stereocenters. The van der Waals surface area contributed by atoms with Crippen molar-refractivity contribution in [2.24, 2.45) is 5.92 Å². The summed E-state index contributed by atoms with van der Waals surface area (Å²) in [5.41, 5.74) is 7.64. The maximum Gasteiger partial charge on any atom is 0.163 e. The average Bonchev–Trinajstić information content (AvgIpc) is 2.92. The quantitative estimate of drug-likeness (QED) is 0.813. The molecule has 5 heteroatoms. The van der Waals surface area contributed by atoms with Crippen LogP contribution in [0.2, 0.25) is 0 Å². The van der Waals surface area contributed by atoms with Crippen LogP contribution in [-0.2, 0) is 4.74 Å². The average molecular weight is 264 g/mol. The van der Waals surface area contributed by atoms with Gasteiger partial charge in [0.2, 0.25) is 0 Å². The van der Waals surface area contributed by atoms with Gasteiger partial charge in [-0.2, -0.15) is 0 Å². The van der Waals surface area contributed by atoms with Crippen molar-refractivity contribution >= 4 is 11.4 Å². The Morgan fingerprint density at radius 1 is 1.16 bits per heavy atom. The Hall–Kier alpha value is -1.62. The largest absolute Gasteiger partial charge is 0.486 e. The molecule has 1 atom stereocenters. The summed E-state index contributed by atoms with van der Waals surface area (Å²) >= 11 is 0. The van der Waals surface area contributed by atoms with Crippen molar-refractivity contribution in [1.29, 1.82) is 0 Å². The van der Waals surface area contributed by atoms with Gasteiger partial charge in [0.25, 0.3) is 0 Å². The van der Waals surface area contributed by atoms with Gasteiger partial charge in [-0.05, 0) is 18.8 Å². The van der Waals surface area contributed by atoms with E-state index in [0.29, 0.717) is 24.8 Å². The highest BCUT2D eigenvalue weighted by Gasteiger charge is 2.16. The van der Waals surface area contributed by atoms with E-state index in [0.717, 1.165) is 49.8 Å². The molecule has 2 aliphatic heterocycles. The molecular formula is C14H20N2O3. The Morgan fingerprint density at radius 2 is 1.95 bits per heavy atom. The summed E-state index contributed by atoms with van der Waals surface area (Å²) in [5.74, 6) is 2.18. The van der Waals surface area contributed by atoms with E-state index in [1.807, 2.05) is 12.1 Å². The third kappa shape index (κ3) is 2.87. The SMILES string of the molecule is Nc1cc2c(cc1NCCC1CCOC1)OCCO2. The van der Waals surface area contributed by atoms with Crippen molar-refractivity contribution in [3.63, 3.8) is 0 Å². The molecular weight excluding hydrogens is 244 g/mol. The predicted octanol–water partition coefficient (Wildman–Crippen LogP) is 1.88. The Morgan fingerprint density at radius 3 is 2.68 bits per heavy atom. The first kappa shape index (κ1) is 12.4. The van der Waals surface area contributed by atoms with Gasteiger partial charge < -0.3 is 25.3 Å². The van der Waals surface area contributed by atoms with E-state index in [1.54, 1.807) is 0 Å². The van der Waals surface area contributed by atoms with Crippen molar-refractivity contribution in [3.05, 3.63) is 12.1 Å². The minimum atomic E-state index is 0.584. The van der Waals surface area contributed by atoms with Gasteiger partial charge in [0.15, 0.2) is 11.5 Å². The number of anilines is 2. The van der Waals surface area contributed by atoms with Gasteiger partial charge in [0.05, 0.1) is 11.4 Å². The second-order valence-corrected chi connectivity index (χ2v) is 5.03. The number of nitrogens with one attached hydrogen (secondary N) is 1. The molecule has 1 saturated heterocycles. The van der Waals surface area contributed by atoms with Crippen LogP contribution in [0.25, 0.3) is 0 Å². The molecule has 2 aliphatic rings. The van der Waals surface area contributed by atoms with Gasteiger partial charge in [0, 0.05) is 31.9 Å². The summed E-state index contributed by atoms with van der Waals surface area (Å²) < 4.78 is 16.4. The molecule has 5 nitrogen and oxygen atoms in total. The number of nitrogens with two attached hydrogens (primary N) is 1. The fourth-order valence-corrected chi connectivity index (χ4v) is 2.48. The van der Waals surface area contributed by atoms with Gasteiger partial charge in [0.1, 0.15) is 13.2 Å². The Kier molecular flexibility index (Phi) is 3.64. The standard InChI is InChI=1S/C14H20N2O3/c15-11-7-13-14(19-6-5-18-13)8-12(11)16-3-1-10-2-4-17-9-10/h7-8,10,16H,1-6,9,15H2. The number of hydrogen-bond donors (Lipinski definition) is 2. The van der Waals surface area contributed by atoms with Gasteiger partial charge in [-0.15, -0.1) is 0 Å². The molecule has 0 spiro atoms. The molecule has 1 fully saturated rings. The van der Waals surface area contributed by atoms with Gasteiger partial charge in [-0.3, -0.25) is 0 Å².